The first-order chi connectivity index (χ1) is 16.0. The van der Waals surface area contributed by atoms with Crippen LogP contribution >= 0.6 is 0 Å². The summed E-state index contributed by atoms with van der Waals surface area (Å²) in [6.07, 6.45) is 4.08. The molecule has 8 nitrogen and oxygen atoms in total. The molecule has 2 saturated heterocycles. The van der Waals surface area contributed by atoms with Gasteiger partial charge in [0.25, 0.3) is 11.7 Å². The van der Waals surface area contributed by atoms with Gasteiger partial charge in [-0.2, -0.15) is 0 Å². The van der Waals surface area contributed by atoms with Crippen LogP contribution in [0.1, 0.15) is 29.7 Å². The lowest BCUT2D eigenvalue weighted by molar-refractivity contribution is -0.907. The Morgan fingerprint density at radius 1 is 1.18 bits per heavy atom. The van der Waals surface area contributed by atoms with Crippen molar-refractivity contribution in [2.45, 2.75) is 25.5 Å². The Morgan fingerprint density at radius 3 is 2.70 bits per heavy atom. The molecule has 2 aromatic rings. The van der Waals surface area contributed by atoms with Gasteiger partial charge in [0, 0.05) is 24.4 Å². The van der Waals surface area contributed by atoms with E-state index in [2.05, 4.69) is 4.98 Å². The van der Waals surface area contributed by atoms with E-state index in [4.69, 9.17) is 9.47 Å². The van der Waals surface area contributed by atoms with E-state index in [0.29, 0.717) is 31.9 Å². The van der Waals surface area contributed by atoms with Crippen LogP contribution in [-0.4, -0.2) is 72.2 Å². The van der Waals surface area contributed by atoms with Crippen molar-refractivity contribution < 1.29 is 29.1 Å². The molecule has 4 heterocycles. The van der Waals surface area contributed by atoms with Crippen LogP contribution in [0.4, 0.5) is 0 Å². The summed E-state index contributed by atoms with van der Waals surface area (Å²) >= 11 is 0. The number of ketones is 1. The number of pyridine rings is 1. The zero-order valence-electron chi connectivity index (χ0n) is 18.6. The molecule has 2 N–H and O–H groups in total. The van der Waals surface area contributed by atoms with E-state index in [1.807, 2.05) is 19.1 Å². The van der Waals surface area contributed by atoms with E-state index in [1.54, 1.807) is 35.5 Å². The number of morpholine rings is 1. The summed E-state index contributed by atoms with van der Waals surface area (Å²) in [7, 11) is 0. The normalized spacial score (nSPS) is 24.7. The molecule has 0 spiro atoms. The first-order valence-corrected chi connectivity index (χ1v) is 11.4. The molecule has 0 aliphatic carbocycles. The quantitative estimate of drug-likeness (QED) is 0.397. The minimum absolute atomic E-state index is 0.0717. The predicted molar refractivity (Wildman–Crippen MR) is 120 cm³/mol. The molecule has 0 bridgehead atoms. The van der Waals surface area contributed by atoms with E-state index in [1.165, 1.54) is 4.90 Å². The minimum Gasteiger partial charge on any atom is -0.507 e. The summed E-state index contributed by atoms with van der Waals surface area (Å²) in [5.74, 6) is -0.599. The number of aromatic nitrogens is 1. The molecule has 0 saturated carbocycles. The van der Waals surface area contributed by atoms with E-state index >= 15 is 0 Å². The van der Waals surface area contributed by atoms with Gasteiger partial charge < -0.3 is 24.4 Å². The van der Waals surface area contributed by atoms with Crippen molar-refractivity contribution in [2.75, 3.05) is 39.4 Å². The summed E-state index contributed by atoms with van der Waals surface area (Å²) in [5.41, 5.74) is 2.37. The lowest BCUT2D eigenvalue weighted by atomic mass is 9.95. The lowest BCUT2D eigenvalue weighted by Gasteiger charge is -2.29. The second-order valence-electron chi connectivity index (χ2n) is 8.84. The third kappa shape index (κ3) is 4.12. The number of Topliss-reactive ketones (excluding diaryl/α,β-unsaturated/α-hetero) is 1. The smallest absolute Gasteiger partial charge is 0.295 e. The number of nitrogens with one attached hydrogen (secondary N) is 1. The monoisotopic (exact) mass is 450 g/mol. The number of amides is 1. The number of carbonyl (C=O) groups is 2. The SMILES string of the molecule is C[C@H]1Cc2cc(C(O)=C3C(=O)C(=O)N(CC[NH+]4CCOCC4)[C@@H]3c3ccncc3)ccc2O1. The summed E-state index contributed by atoms with van der Waals surface area (Å²) < 4.78 is 11.2. The predicted octanol–water partition coefficient (Wildman–Crippen LogP) is 0.742. The van der Waals surface area contributed by atoms with E-state index in [-0.39, 0.29) is 17.4 Å². The maximum absolute atomic E-state index is 13.2. The summed E-state index contributed by atoms with van der Waals surface area (Å²) in [5, 5.41) is 11.3. The van der Waals surface area contributed by atoms with E-state index in [9.17, 15) is 14.7 Å². The highest BCUT2D eigenvalue weighted by molar-refractivity contribution is 6.46. The summed E-state index contributed by atoms with van der Waals surface area (Å²) in [4.78, 5) is 33.3. The molecule has 0 radical (unpaired) electrons. The van der Waals surface area contributed by atoms with Gasteiger partial charge >= 0.3 is 0 Å². The fourth-order valence-electron chi connectivity index (χ4n) is 4.92. The molecule has 2 atom stereocenters. The molecule has 8 heteroatoms. The number of hydrogen-bond donors (Lipinski definition) is 2. The number of hydrogen-bond acceptors (Lipinski definition) is 6. The third-order valence-electron chi connectivity index (χ3n) is 6.64. The molecule has 33 heavy (non-hydrogen) atoms. The first kappa shape index (κ1) is 21.6. The summed E-state index contributed by atoms with van der Waals surface area (Å²) in [6, 6.07) is 8.32. The van der Waals surface area contributed by atoms with Gasteiger partial charge in [0.2, 0.25) is 0 Å². The number of nitrogens with zero attached hydrogens (tertiary/aromatic N) is 2. The van der Waals surface area contributed by atoms with Crippen molar-refractivity contribution in [3.63, 3.8) is 0 Å². The third-order valence-corrected chi connectivity index (χ3v) is 6.64. The van der Waals surface area contributed by atoms with E-state index < -0.39 is 17.7 Å². The largest absolute Gasteiger partial charge is 0.507 e. The van der Waals surface area contributed by atoms with Crippen molar-refractivity contribution >= 4 is 17.4 Å². The summed E-state index contributed by atoms with van der Waals surface area (Å²) in [6.45, 7) is 6.26. The first-order valence-electron chi connectivity index (χ1n) is 11.4. The second kappa shape index (κ2) is 8.96. The molecule has 1 aromatic carbocycles. The van der Waals surface area contributed by atoms with Crippen LogP contribution in [-0.2, 0) is 20.7 Å². The number of aliphatic hydroxyl groups is 1. The van der Waals surface area contributed by atoms with Gasteiger partial charge in [0.15, 0.2) is 0 Å². The maximum Gasteiger partial charge on any atom is 0.295 e. The van der Waals surface area contributed by atoms with Crippen molar-refractivity contribution in [1.82, 2.24) is 9.88 Å². The zero-order chi connectivity index (χ0) is 22.9. The van der Waals surface area contributed by atoms with Gasteiger partial charge in [-0.15, -0.1) is 0 Å². The number of carbonyl (C=O) groups excluding carboxylic acids is 2. The highest BCUT2D eigenvalue weighted by Crippen LogP contribution is 2.40. The van der Waals surface area contributed by atoms with E-state index in [0.717, 1.165) is 36.4 Å². The van der Waals surface area contributed by atoms with Crippen molar-refractivity contribution in [3.05, 3.63) is 65.0 Å². The fourth-order valence-corrected chi connectivity index (χ4v) is 4.92. The average Bonchev–Trinajstić information content (AvgIpc) is 3.34. The molecule has 172 valence electrons. The number of aliphatic hydroxyl groups excluding tert-OH is 1. The van der Waals surface area contributed by atoms with Gasteiger partial charge in [-0.1, -0.05) is 0 Å². The molecule has 1 aromatic heterocycles. The Labute approximate surface area is 192 Å². The van der Waals surface area contributed by atoms with Crippen molar-refractivity contribution in [2.24, 2.45) is 0 Å². The Bertz CT molecular complexity index is 1090. The van der Waals surface area contributed by atoms with Crippen LogP contribution in [0.15, 0.2) is 48.3 Å². The molecule has 2 fully saturated rings. The lowest BCUT2D eigenvalue weighted by Crippen LogP contribution is -3.14. The Balaban J connectivity index is 1.51. The maximum atomic E-state index is 13.2. The standard InChI is InChI=1S/C25H27N3O5/c1-16-14-19-15-18(2-3-20(19)33-16)23(29)21-22(17-4-6-26-7-5-17)28(25(31)24(21)30)9-8-27-10-12-32-13-11-27/h2-7,15-16,22,29H,8-14H2,1H3/p+1/t16-,22+/m0/s1. The number of rotatable bonds is 5. The van der Waals surface area contributed by atoms with Crippen molar-refractivity contribution in [3.8, 4) is 5.75 Å². The number of quaternary nitrogens is 1. The van der Waals surface area contributed by atoms with Gasteiger partial charge in [-0.25, -0.2) is 0 Å². The number of benzene rings is 1. The molecule has 3 aliphatic heterocycles. The molecule has 0 unspecified atom stereocenters. The highest BCUT2D eigenvalue weighted by Gasteiger charge is 2.46. The number of ether oxygens (including phenoxy) is 2. The fraction of sp³-hybridized carbons (Fsp3) is 0.400. The number of fused-ring (bicyclic) bond motifs is 1. The van der Waals surface area contributed by atoms with Gasteiger partial charge in [-0.05, 0) is 48.4 Å². The molecular weight excluding hydrogens is 422 g/mol. The zero-order valence-corrected chi connectivity index (χ0v) is 18.6. The highest BCUT2D eigenvalue weighted by atomic mass is 16.5. The number of likely N-dealkylation sites (tertiary alicyclic amines) is 1. The molecule has 3 aliphatic rings. The minimum atomic E-state index is -0.656. The van der Waals surface area contributed by atoms with Crippen LogP contribution in [0.25, 0.3) is 5.76 Å². The van der Waals surface area contributed by atoms with Crippen LogP contribution in [0.2, 0.25) is 0 Å². The Morgan fingerprint density at radius 2 is 1.94 bits per heavy atom. The topological polar surface area (TPSA) is 93.4 Å². The average molecular weight is 451 g/mol. The van der Waals surface area contributed by atoms with Crippen LogP contribution in [0, 0.1) is 0 Å². The van der Waals surface area contributed by atoms with Gasteiger partial charge in [0.1, 0.15) is 30.7 Å². The molecule has 1 amide bonds. The van der Waals surface area contributed by atoms with Gasteiger partial charge in [-0.3, -0.25) is 14.6 Å². The van der Waals surface area contributed by atoms with Crippen LogP contribution in [0.3, 0.4) is 0 Å². The Kier molecular flexibility index (Phi) is 5.86. The second-order valence-corrected chi connectivity index (χ2v) is 8.84. The molecular formula is C25H28N3O5+. The molecule has 5 rings (SSSR count). The van der Waals surface area contributed by atoms with Crippen LogP contribution in [0.5, 0.6) is 5.75 Å². The Hall–Kier alpha value is -3.23. The van der Waals surface area contributed by atoms with Gasteiger partial charge in [0.05, 0.1) is 37.9 Å². The van der Waals surface area contributed by atoms with Crippen molar-refractivity contribution in [1.29, 1.82) is 0 Å². The van der Waals surface area contributed by atoms with Crippen LogP contribution < -0.4 is 9.64 Å².